The Kier molecular flexibility index (Phi) is 6.84. The molecule has 6 nitrogen and oxygen atoms in total. The van der Waals surface area contributed by atoms with Crippen molar-refractivity contribution in [2.24, 2.45) is 0 Å². The van der Waals surface area contributed by atoms with E-state index >= 15 is 0 Å². The highest BCUT2D eigenvalue weighted by molar-refractivity contribution is 7.99. The molecule has 0 saturated heterocycles. The fraction of sp³-hybridized carbons (Fsp3) is 0.286. The summed E-state index contributed by atoms with van der Waals surface area (Å²) in [4.78, 5) is 11.4. The van der Waals surface area contributed by atoms with Gasteiger partial charge in [-0.3, -0.25) is 4.79 Å². The van der Waals surface area contributed by atoms with Crippen molar-refractivity contribution in [3.63, 3.8) is 0 Å². The third kappa shape index (κ3) is 4.99. The normalized spacial score (nSPS) is 12.0. The fourth-order valence-electron chi connectivity index (χ4n) is 2.70. The SMILES string of the molecule is CCn1c(SC[C@@H](O)COc2cccc(C(C)=O)c2)nnc1-c1ccccc1. The third-order valence-corrected chi connectivity index (χ3v) is 5.26. The standard InChI is InChI=1S/C21H23N3O3S/c1-3-24-20(16-8-5-4-6-9-16)22-23-21(24)28-14-18(26)13-27-19-11-7-10-17(12-19)15(2)25/h4-12,18,26H,3,13-14H2,1-2H3/t18-/m0/s1. The first kappa shape index (κ1) is 20.1. The van der Waals surface area contributed by atoms with Crippen LogP contribution in [0.5, 0.6) is 5.75 Å². The van der Waals surface area contributed by atoms with Crippen LogP contribution in [0.2, 0.25) is 0 Å². The zero-order chi connectivity index (χ0) is 19.9. The first-order chi connectivity index (χ1) is 13.6. The van der Waals surface area contributed by atoms with E-state index in [-0.39, 0.29) is 12.4 Å². The van der Waals surface area contributed by atoms with Crippen LogP contribution < -0.4 is 4.74 Å². The molecule has 3 aromatic rings. The lowest BCUT2D eigenvalue weighted by atomic mass is 10.1. The molecule has 0 unspecified atom stereocenters. The van der Waals surface area contributed by atoms with Crippen LogP contribution in [0.25, 0.3) is 11.4 Å². The summed E-state index contributed by atoms with van der Waals surface area (Å²) in [5.41, 5.74) is 1.60. The Balaban J connectivity index is 1.58. The summed E-state index contributed by atoms with van der Waals surface area (Å²) < 4.78 is 7.65. The van der Waals surface area contributed by atoms with Crippen LogP contribution in [0.1, 0.15) is 24.2 Å². The van der Waals surface area contributed by atoms with Gasteiger partial charge in [-0.25, -0.2) is 0 Å². The average Bonchev–Trinajstić information content (AvgIpc) is 3.14. The smallest absolute Gasteiger partial charge is 0.191 e. The number of Topliss-reactive ketones (excluding diaryl/α,β-unsaturated/α-hetero) is 1. The van der Waals surface area contributed by atoms with Crippen LogP contribution in [-0.2, 0) is 6.54 Å². The number of carbonyl (C=O) groups excluding carboxylic acids is 1. The molecule has 146 valence electrons. The number of benzene rings is 2. The minimum absolute atomic E-state index is 0.0188. The number of nitrogens with zero attached hydrogens (tertiary/aromatic N) is 3. The number of hydrogen-bond acceptors (Lipinski definition) is 6. The van der Waals surface area contributed by atoms with Crippen molar-refractivity contribution in [3.05, 3.63) is 60.2 Å². The van der Waals surface area contributed by atoms with Gasteiger partial charge in [-0.15, -0.1) is 10.2 Å². The van der Waals surface area contributed by atoms with Crippen LogP contribution in [0.3, 0.4) is 0 Å². The number of aliphatic hydroxyl groups excluding tert-OH is 1. The van der Waals surface area contributed by atoms with Crippen LogP contribution >= 0.6 is 11.8 Å². The Morgan fingerprint density at radius 2 is 1.96 bits per heavy atom. The average molecular weight is 398 g/mol. The molecule has 0 radical (unpaired) electrons. The Morgan fingerprint density at radius 1 is 1.18 bits per heavy atom. The van der Waals surface area contributed by atoms with E-state index in [1.165, 1.54) is 18.7 Å². The van der Waals surface area contributed by atoms with Crippen LogP contribution in [0.15, 0.2) is 59.8 Å². The summed E-state index contributed by atoms with van der Waals surface area (Å²) in [6.07, 6.45) is -0.673. The van der Waals surface area contributed by atoms with Gasteiger partial charge in [0.1, 0.15) is 12.4 Å². The second-order valence-corrected chi connectivity index (χ2v) is 7.26. The molecule has 3 rings (SSSR count). The van der Waals surface area contributed by atoms with Crippen molar-refractivity contribution in [2.75, 3.05) is 12.4 Å². The number of aromatic nitrogens is 3. The maximum Gasteiger partial charge on any atom is 0.191 e. The molecule has 0 fully saturated rings. The summed E-state index contributed by atoms with van der Waals surface area (Å²) in [5.74, 6) is 1.80. The highest BCUT2D eigenvalue weighted by Gasteiger charge is 2.15. The number of aliphatic hydroxyl groups is 1. The van der Waals surface area contributed by atoms with Crippen LogP contribution in [0.4, 0.5) is 0 Å². The monoisotopic (exact) mass is 397 g/mol. The summed E-state index contributed by atoms with van der Waals surface area (Å²) in [6, 6.07) is 16.9. The number of ketones is 1. The van der Waals surface area contributed by atoms with Gasteiger partial charge in [0.2, 0.25) is 0 Å². The molecule has 0 aliphatic rings. The minimum atomic E-state index is -0.673. The second-order valence-electron chi connectivity index (χ2n) is 6.28. The highest BCUT2D eigenvalue weighted by atomic mass is 32.2. The van der Waals surface area contributed by atoms with Gasteiger partial charge in [0.25, 0.3) is 0 Å². The van der Waals surface area contributed by atoms with Gasteiger partial charge in [-0.05, 0) is 26.0 Å². The molecule has 2 aromatic carbocycles. The molecule has 0 amide bonds. The van der Waals surface area contributed by atoms with Gasteiger partial charge >= 0.3 is 0 Å². The number of ether oxygens (including phenoxy) is 1. The Bertz CT molecular complexity index is 928. The molecular weight excluding hydrogens is 374 g/mol. The number of rotatable bonds is 9. The van der Waals surface area contributed by atoms with E-state index in [9.17, 15) is 9.90 Å². The van der Waals surface area contributed by atoms with E-state index in [0.29, 0.717) is 17.1 Å². The molecule has 0 bridgehead atoms. The topological polar surface area (TPSA) is 77.2 Å². The molecular formula is C21H23N3O3S. The van der Waals surface area contributed by atoms with Gasteiger partial charge < -0.3 is 14.4 Å². The highest BCUT2D eigenvalue weighted by Crippen LogP contribution is 2.24. The molecule has 0 aliphatic heterocycles. The van der Waals surface area contributed by atoms with Gasteiger partial charge in [-0.2, -0.15) is 0 Å². The number of carbonyl (C=O) groups is 1. The Hall–Kier alpha value is -2.64. The zero-order valence-corrected chi connectivity index (χ0v) is 16.7. The molecule has 1 atom stereocenters. The maximum absolute atomic E-state index is 11.4. The number of thioether (sulfide) groups is 1. The first-order valence-corrected chi connectivity index (χ1v) is 10.1. The molecule has 0 saturated carbocycles. The van der Waals surface area contributed by atoms with E-state index in [1.807, 2.05) is 41.8 Å². The Morgan fingerprint density at radius 3 is 2.68 bits per heavy atom. The molecule has 1 N–H and O–H groups in total. The lowest BCUT2D eigenvalue weighted by Crippen LogP contribution is -2.20. The summed E-state index contributed by atoms with van der Waals surface area (Å²) in [7, 11) is 0. The van der Waals surface area contributed by atoms with Gasteiger partial charge in [0.15, 0.2) is 16.8 Å². The lowest BCUT2D eigenvalue weighted by Gasteiger charge is -2.13. The molecule has 1 aromatic heterocycles. The molecule has 7 heteroatoms. The number of hydrogen-bond donors (Lipinski definition) is 1. The van der Waals surface area contributed by atoms with E-state index < -0.39 is 6.10 Å². The molecule has 0 spiro atoms. The predicted molar refractivity (Wildman–Crippen MR) is 110 cm³/mol. The fourth-order valence-corrected chi connectivity index (χ4v) is 3.61. The largest absolute Gasteiger partial charge is 0.491 e. The van der Waals surface area contributed by atoms with Crippen molar-refractivity contribution >= 4 is 17.5 Å². The van der Waals surface area contributed by atoms with E-state index in [2.05, 4.69) is 10.2 Å². The zero-order valence-electron chi connectivity index (χ0n) is 15.9. The van der Waals surface area contributed by atoms with E-state index in [0.717, 1.165) is 23.1 Å². The van der Waals surface area contributed by atoms with Crippen LogP contribution in [0, 0.1) is 0 Å². The minimum Gasteiger partial charge on any atom is -0.491 e. The quantitative estimate of drug-likeness (QED) is 0.438. The van der Waals surface area contributed by atoms with Crippen molar-refractivity contribution in [1.82, 2.24) is 14.8 Å². The van der Waals surface area contributed by atoms with E-state index in [1.54, 1.807) is 24.3 Å². The van der Waals surface area contributed by atoms with E-state index in [4.69, 9.17) is 4.74 Å². The van der Waals surface area contributed by atoms with Crippen molar-refractivity contribution in [3.8, 4) is 17.1 Å². The van der Waals surface area contributed by atoms with Gasteiger partial charge in [0.05, 0.1) is 6.10 Å². The second kappa shape index (κ2) is 9.52. The van der Waals surface area contributed by atoms with Gasteiger partial charge in [-0.1, -0.05) is 54.2 Å². The van der Waals surface area contributed by atoms with Crippen molar-refractivity contribution in [2.45, 2.75) is 31.7 Å². The van der Waals surface area contributed by atoms with Gasteiger partial charge in [0, 0.05) is 23.4 Å². The molecule has 0 aliphatic carbocycles. The lowest BCUT2D eigenvalue weighted by molar-refractivity contribution is 0.101. The molecule has 28 heavy (non-hydrogen) atoms. The summed E-state index contributed by atoms with van der Waals surface area (Å²) >= 11 is 1.44. The third-order valence-electron chi connectivity index (χ3n) is 4.15. The predicted octanol–water partition coefficient (Wildman–Crippen LogP) is 3.70. The van der Waals surface area contributed by atoms with Crippen molar-refractivity contribution in [1.29, 1.82) is 0 Å². The first-order valence-electron chi connectivity index (χ1n) is 9.11. The van der Waals surface area contributed by atoms with Crippen LogP contribution in [-0.4, -0.2) is 44.1 Å². The van der Waals surface area contributed by atoms with Crippen molar-refractivity contribution < 1.29 is 14.6 Å². The molecule has 1 heterocycles. The summed E-state index contributed by atoms with van der Waals surface area (Å²) in [6.45, 7) is 4.43. The summed E-state index contributed by atoms with van der Waals surface area (Å²) in [5, 5.41) is 19.6. The Labute approximate surface area is 168 Å². The maximum atomic E-state index is 11.4.